The Hall–Kier alpha value is -3.47. The van der Waals surface area contributed by atoms with Gasteiger partial charge in [-0.05, 0) is 63.8 Å². The molecule has 11 heteroatoms. The SMILES string of the molecule is Cc1cc2nc(C)c(CCC(=O)Nc3ccc(NC(=O)C4CCCO4)cc3C(F)(F)F)c(C)n2n1. The van der Waals surface area contributed by atoms with Gasteiger partial charge in [0.25, 0.3) is 5.91 Å². The van der Waals surface area contributed by atoms with Crippen molar-refractivity contribution in [1.82, 2.24) is 14.6 Å². The molecule has 1 aliphatic heterocycles. The van der Waals surface area contributed by atoms with Gasteiger partial charge in [-0.3, -0.25) is 9.59 Å². The summed E-state index contributed by atoms with van der Waals surface area (Å²) in [6.45, 7) is 6.00. The molecule has 1 aliphatic rings. The molecule has 0 bridgehead atoms. The van der Waals surface area contributed by atoms with Crippen molar-refractivity contribution >= 4 is 28.8 Å². The molecule has 3 heterocycles. The average Bonchev–Trinajstić information content (AvgIpc) is 3.43. The van der Waals surface area contributed by atoms with Gasteiger partial charge in [-0.25, -0.2) is 9.50 Å². The zero-order chi connectivity index (χ0) is 25.3. The lowest BCUT2D eigenvalue weighted by Crippen LogP contribution is -2.27. The third-order valence-electron chi connectivity index (χ3n) is 5.98. The number of carbonyl (C=O) groups is 2. The Morgan fingerprint density at radius 2 is 1.94 bits per heavy atom. The number of anilines is 2. The third kappa shape index (κ3) is 5.45. The van der Waals surface area contributed by atoms with E-state index in [1.54, 1.807) is 4.52 Å². The first-order valence-corrected chi connectivity index (χ1v) is 11.3. The first-order chi connectivity index (χ1) is 16.5. The van der Waals surface area contributed by atoms with Crippen LogP contribution < -0.4 is 10.6 Å². The minimum Gasteiger partial charge on any atom is -0.368 e. The van der Waals surface area contributed by atoms with Crippen molar-refractivity contribution in [1.29, 1.82) is 0 Å². The fourth-order valence-corrected chi connectivity index (χ4v) is 4.23. The molecule has 1 saturated heterocycles. The summed E-state index contributed by atoms with van der Waals surface area (Å²) in [7, 11) is 0. The lowest BCUT2D eigenvalue weighted by molar-refractivity contribution is -0.137. The maximum atomic E-state index is 13.7. The summed E-state index contributed by atoms with van der Waals surface area (Å²) in [5, 5.41) is 9.22. The number of nitrogens with one attached hydrogen (secondary N) is 2. The second kappa shape index (κ2) is 9.65. The summed E-state index contributed by atoms with van der Waals surface area (Å²) in [5.74, 6) is -1.06. The monoisotopic (exact) mass is 489 g/mol. The number of nitrogens with zero attached hydrogens (tertiary/aromatic N) is 3. The molecule has 2 N–H and O–H groups in total. The highest BCUT2D eigenvalue weighted by molar-refractivity contribution is 5.96. The zero-order valence-electron chi connectivity index (χ0n) is 19.6. The normalized spacial score (nSPS) is 16.0. The van der Waals surface area contributed by atoms with Gasteiger partial charge in [0.2, 0.25) is 5.91 Å². The Morgan fingerprint density at radius 1 is 1.17 bits per heavy atom. The number of fused-ring (bicyclic) bond motifs is 1. The highest BCUT2D eigenvalue weighted by Crippen LogP contribution is 2.37. The third-order valence-corrected chi connectivity index (χ3v) is 5.98. The van der Waals surface area contributed by atoms with Crippen molar-refractivity contribution in [3.05, 3.63) is 52.5 Å². The first kappa shape index (κ1) is 24.6. The van der Waals surface area contributed by atoms with Crippen molar-refractivity contribution in [2.75, 3.05) is 17.2 Å². The van der Waals surface area contributed by atoms with Crippen LogP contribution in [-0.4, -0.2) is 39.1 Å². The molecule has 0 aliphatic carbocycles. The van der Waals surface area contributed by atoms with Crippen LogP contribution in [0, 0.1) is 20.8 Å². The van der Waals surface area contributed by atoms with Crippen molar-refractivity contribution in [3.8, 4) is 0 Å². The molecule has 0 spiro atoms. The molecule has 2 aromatic heterocycles. The van der Waals surface area contributed by atoms with E-state index in [4.69, 9.17) is 4.74 Å². The molecule has 1 aromatic carbocycles. The van der Waals surface area contributed by atoms with Crippen LogP contribution in [-0.2, 0) is 26.9 Å². The Bertz CT molecular complexity index is 1280. The molecule has 1 unspecified atom stereocenters. The van der Waals surface area contributed by atoms with Gasteiger partial charge in [0.05, 0.1) is 16.9 Å². The van der Waals surface area contributed by atoms with Gasteiger partial charge in [-0.1, -0.05) is 0 Å². The van der Waals surface area contributed by atoms with E-state index in [-0.39, 0.29) is 17.8 Å². The lowest BCUT2D eigenvalue weighted by atomic mass is 10.1. The first-order valence-electron chi connectivity index (χ1n) is 11.3. The molecule has 4 rings (SSSR count). The molecule has 186 valence electrons. The van der Waals surface area contributed by atoms with Gasteiger partial charge in [0.15, 0.2) is 5.65 Å². The summed E-state index contributed by atoms with van der Waals surface area (Å²) in [4.78, 5) is 29.3. The van der Waals surface area contributed by atoms with Gasteiger partial charge >= 0.3 is 6.18 Å². The Morgan fingerprint density at radius 3 is 2.63 bits per heavy atom. The van der Waals surface area contributed by atoms with Crippen LogP contribution in [0.15, 0.2) is 24.3 Å². The van der Waals surface area contributed by atoms with Gasteiger partial charge in [-0.2, -0.15) is 18.3 Å². The average molecular weight is 489 g/mol. The second-order valence-electron chi connectivity index (χ2n) is 8.61. The van der Waals surface area contributed by atoms with Crippen LogP contribution in [0.1, 0.15) is 47.5 Å². The lowest BCUT2D eigenvalue weighted by Gasteiger charge is -2.17. The predicted octanol–water partition coefficient (Wildman–Crippen LogP) is 4.36. The smallest absolute Gasteiger partial charge is 0.368 e. The molecule has 1 atom stereocenters. The van der Waals surface area contributed by atoms with Crippen LogP contribution in [0.4, 0.5) is 24.5 Å². The Labute approximate surface area is 199 Å². The van der Waals surface area contributed by atoms with Gasteiger partial charge in [0.1, 0.15) is 6.10 Å². The summed E-state index contributed by atoms with van der Waals surface area (Å²) in [6, 6.07) is 5.13. The van der Waals surface area contributed by atoms with Gasteiger partial charge in [0, 0.05) is 36.2 Å². The van der Waals surface area contributed by atoms with Crippen molar-refractivity contribution in [3.63, 3.8) is 0 Å². The molecule has 8 nitrogen and oxygen atoms in total. The largest absolute Gasteiger partial charge is 0.418 e. The fraction of sp³-hybridized carbons (Fsp3) is 0.417. The van der Waals surface area contributed by atoms with E-state index < -0.39 is 29.7 Å². The van der Waals surface area contributed by atoms with E-state index in [9.17, 15) is 22.8 Å². The van der Waals surface area contributed by atoms with Crippen molar-refractivity contribution in [2.45, 2.75) is 58.7 Å². The van der Waals surface area contributed by atoms with Crippen LogP contribution in [0.3, 0.4) is 0 Å². The second-order valence-corrected chi connectivity index (χ2v) is 8.61. The maximum Gasteiger partial charge on any atom is 0.418 e. The topological polar surface area (TPSA) is 97.6 Å². The minimum atomic E-state index is -4.73. The van der Waals surface area contributed by atoms with Crippen LogP contribution in [0.5, 0.6) is 0 Å². The van der Waals surface area contributed by atoms with E-state index >= 15 is 0 Å². The fourth-order valence-electron chi connectivity index (χ4n) is 4.23. The molecule has 1 fully saturated rings. The Kier molecular flexibility index (Phi) is 6.79. The summed E-state index contributed by atoms with van der Waals surface area (Å²) in [6.07, 6.45) is -3.90. The number of aromatic nitrogens is 3. The molecule has 0 radical (unpaired) electrons. The molecule has 2 amide bonds. The quantitative estimate of drug-likeness (QED) is 0.536. The van der Waals surface area contributed by atoms with Gasteiger partial charge < -0.3 is 15.4 Å². The van der Waals surface area contributed by atoms with E-state index in [1.165, 1.54) is 6.07 Å². The van der Waals surface area contributed by atoms with E-state index in [0.717, 1.165) is 41.2 Å². The van der Waals surface area contributed by atoms with Crippen molar-refractivity contribution in [2.24, 2.45) is 0 Å². The molecule has 0 saturated carbocycles. The number of aryl methyl sites for hydroxylation is 3. The number of amides is 2. The summed E-state index contributed by atoms with van der Waals surface area (Å²) >= 11 is 0. The summed E-state index contributed by atoms with van der Waals surface area (Å²) in [5.41, 5.74) is 2.47. The number of benzene rings is 1. The number of hydrogen-bond acceptors (Lipinski definition) is 5. The molecule has 35 heavy (non-hydrogen) atoms. The highest BCUT2D eigenvalue weighted by atomic mass is 19.4. The van der Waals surface area contributed by atoms with Crippen LogP contribution in [0.2, 0.25) is 0 Å². The number of rotatable bonds is 6. The van der Waals surface area contributed by atoms with Crippen LogP contribution >= 0.6 is 0 Å². The van der Waals surface area contributed by atoms with E-state index in [0.29, 0.717) is 25.1 Å². The predicted molar refractivity (Wildman–Crippen MR) is 123 cm³/mol. The number of alkyl halides is 3. The van der Waals surface area contributed by atoms with E-state index in [2.05, 4.69) is 20.7 Å². The highest BCUT2D eigenvalue weighted by Gasteiger charge is 2.35. The number of halogens is 3. The summed E-state index contributed by atoms with van der Waals surface area (Å²) < 4.78 is 48.1. The number of ether oxygens (including phenoxy) is 1. The number of hydrogen-bond donors (Lipinski definition) is 2. The Balaban J connectivity index is 1.47. The van der Waals surface area contributed by atoms with Crippen LogP contribution in [0.25, 0.3) is 5.65 Å². The zero-order valence-corrected chi connectivity index (χ0v) is 19.6. The molecule has 3 aromatic rings. The molecular weight excluding hydrogens is 463 g/mol. The van der Waals surface area contributed by atoms with Crippen molar-refractivity contribution < 1.29 is 27.5 Å². The van der Waals surface area contributed by atoms with Gasteiger partial charge in [-0.15, -0.1) is 0 Å². The maximum absolute atomic E-state index is 13.7. The molecular formula is C24H26F3N5O3. The van der Waals surface area contributed by atoms with E-state index in [1.807, 2.05) is 26.8 Å². The standard InChI is InChI=1S/C24H26F3N5O3/c1-13-11-21-28-14(2)17(15(3)32(21)31-13)7-9-22(33)30-19-8-6-16(12-18(19)24(25,26)27)29-23(34)20-5-4-10-35-20/h6,8,11-12,20H,4-5,7,9-10H2,1-3H3,(H,29,34)(H,30,33). The minimum absolute atomic E-state index is 0.0176. The number of carbonyl (C=O) groups excluding carboxylic acids is 2.